The lowest BCUT2D eigenvalue weighted by atomic mass is 10.2. The molecule has 4 aromatic heterocycles. The van der Waals surface area contributed by atoms with Gasteiger partial charge in [-0.1, -0.05) is 23.2 Å². The zero-order chi connectivity index (χ0) is 41.6. The average Bonchev–Trinajstić information content (AvgIpc) is 4.19. The van der Waals surface area contributed by atoms with Gasteiger partial charge in [0.15, 0.2) is 34.8 Å². The van der Waals surface area contributed by atoms with Crippen LogP contribution >= 0.6 is 23.2 Å². The smallest absolute Gasteiger partial charge is 0.255 e. The standard InChI is InChI=1S/C20H17ClFN5O3.C20H17ClFN5O2/c1-30-17-9-23-18(13-8-11(21)2-5-15(13)22)26-19(17)25-16-6-7-27(29)10-14(16)20(28)24-12-3-4-12;1-29-17-10-24-18(13-8-11(21)2-5-15(13)22)27-19(17)26-16-6-7-23-9-14(16)20(28)25-12-3-4-12/h2,5-10,12,29H,3-4H2,1H3,(H,24,28);2,5-10,12H,3-4H2,1H3,(H,25,28)(H,23,24,26,27). The first-order chi connectivity index (χ1) is 28.5. The molecule has 2 saturated carbocycles. The van der Waals surface area contributed by atoms with E-state index in [-0.39, 0.29) is 75.0 Å². The number of carbonyl (C=O) groups excluding carboxylic acids is 2. The maximum atomic E-state index is 14.3. The lowest BCUT2D eigenvalue weighted by Gasteiger charge is -2.14. The summed E-state index contributed by atoms with van der Waals surface area (Å²) in [6.07, 6.45) is 12.2. The van der Waals surface area contributed by atoms with Crippen molar-refractivity contribution in [1.29, 1.82) is 0 Å². The molecule has 15 nitrogen and oxygen atoms in total. The molecule has 2 amide bonds. The topological polar surface area (TPSA) is 191 Å². The van der Waals surface area contributed by atoms with Crippen LogP contribution in [-0.2, 0) is 0 Å². The molecule has 302 valence electrons. The van der Waals surface area contributed by atoms with Crippen LogP contribution in [0, 0.1) is 11.6 Å². The average molecular weight is 844 g/mol. The molecule has 6 aromatic rings. The first kappa shape index (κ1) is 40.5. The van der Waals surface area contributed by atoms with E-state index in [1.54, 1.807) is 12.3 Å². The van der Waals surface area contributed by atoms with Crippen molar-refractivity contribution in [2.45, 2.75) is 37.8 Å². The number of pyridine rings is 2. The maximum absolute atomic E-state index is 14.3. The van der Waals surface area contributed by atoms with E-state index in [1.165, 1.54) is 87.7 Å². The van der Waals surface area contributed by atoms with Crippen LogP contribution in [0.4, 0.5) is 26.1 Å². The molecule has 4 N–H and O–H groups in total. The van der Waals surface area contributed by atoms with Crippen molar-refractivity contribution in [1.82, 2.24) is 40.3 Å². The molecule has 0 spiro atoms. The Balaban J connectivity index is 0.000000179. The lowest BCUT2D eigenvalue weighted by Crippen LogP contribution is -2.31. The van der Waals surface area contributed by atoms with Crippen molar-refractivity contribution in [3.63, 3.8) is 0 Å². The zero-order valence-electron chi connectivity index (χ0n) is 31.3. The molecule has 0 atom stereocenters. The van der Waals surface area contributed by atoms with E-state index in [4.69, 9.17) is 32.7 Å². The number of hydrogen-bond donors (Lipinski definition) is 4. The molecule has 2 fully saturated rings. The molecule has 0 radical (unpaired) electrons. The summed E-state index contributed by atoms with van der Waals surface area (Å²) in [4.78, 5) is 50.5. The van der Waals surface area contributed by atoms with Gasteiger partial charge in [-0.25, -0.2) is 38.4 Å². The van der Waals surface area contributed by atoms with E-state index in [0.29, 0.717) is 27.0 Å². The van der Waals surface area contributed by atoms with Crippen LogP contribution in [0.3, 0.4) is 0 Å². The molecule has 2 aliphatic rings. The van der Waals surface area contributed by atoms with E-state index < -0.39 is 11.6 Å². The Labute approximate surface area is 345 Å². The van der Waals surface area contributed by atoms with Gasteiger partial charge in [0, 0.05) is 40.7 Å². The highest BCUT2D eigenvalue weighted by molar-refractivity contribution is 6.31. The molecule has 2 aliphatic carbocycles. The lowest BCUT2D eigenvalue weighted by molar-refractivity contribution is 0.0938. The summed E-state index contributed by atoms with van der Waals surface area (Å²) in [5.41, 5.74) is 1.28. The molecule has 0 saturated heterocycles. The van der Waals surface area contributed by atoms with Crippen LogP contribution in [0.5, 0.6) is 11.5 Å². The van der Waals surface area contributed by atoms with Gasteiger partial charge in [0.1, 0.15) is 11.6 Å². The molecule has 0 bridgehead atoms. The highest BCUT2D eigenvalue weighted by atomic mass is 35.5. The second-order valence-corrected chi connectivity index (χ2v) is 14.1. The van der Waals surface area contributed by atoms with Crippen LogP contribution < -0.4 is 30.8 Å². The summed E-state index contributed by atoms with van der Waals surface area (Å²) < 4.78 is 39.8. The van der Waals surface area contributed by atoms with Gasteiger partial charge in [-0.05, 0) is 74.2 Å². The molecule has 4 heterocycles. The van der Waals surface area contributed by atoms with Gasteiger partial charge in [0.25, 0.3) is 11.8 Å². The Bertz CT molecular complexity index is 2620. The number of methoxy groups -OCH3 is 2. The first-order valence-electron chi connectivity index (χ1n) is 18.0. The van der Waals surface area contributed by atoms with Crippen LogP contribution in [0.1, 0.15) is 46.4 Å². The SMILES string of the molecule is COc1cnc(-c2cc(Cl)ccc2F)nc1N=c1ccn(O)cc1C(=O)NC1CC1.COc1cnc(-c2cc(Cl)ccc2F)nc1Nc1ccncc1C(=O)NC1CC1. The van der Waals surface area contributed by atoms with Crippen LogP contribution in [-0.4, -0.2) is 73.0 Å². The number of ether oxygens (including phenoxy) is 2. The Morgan fingerprint density at radius 2 is 1.37 bits per heavy atom. The van der Waals surface area contributed by atoms with Crippen molar-refractivity contribution >= 4 is 52.3 Å². The molecular formula is C40H34Cl2F2N10O5. The van der Waals surface area contributed by atoms with Gasteiger partial charge in [-0.15, -0.1) is 0 Å². The summed E-state index contributed by atoms with van der Waals surface area (Å²) in [5, 5.41) is 19.6. The summed E-state index contributed by atoms with van der Waals surface area (Å²) in [6, 6.07) is 11.7. The minimum Gasteiger partial charge on any atom is -0.491 e. The van der Waals surface area contributed by atoms with E-state index in [1.807, 2.05) is 0 Å². The largest absolute Gasteiger partial charge is 0.491 e. The van der Waals surface area contributed by atoms with Crippen molar-refractivity contribution in [2.75, 3.05) is 19.5 Å². The maximum Gasteiger partial charge on any atom is 0.255 e. The van der Waals surface area contributed by atoms with Gasteiger partial charge >= 0.3 is 0 Å². The number of halogens is 4. The number of aromatic nitrogens is 6. The number of nitrogens with one attached hydrogen (secondary N) is 3. The van der Waals surface area contributed by atoms with Crippen LogP contribution in [0.15, 0.2) is 90.7 Å². The number of anilines is 2. The summed E-state index contributed by atoms with van der Waals surface area (Å²) >= 11 is 12.0. The molecule has 0 unspecified atom stereocenters. The molecular weight excluding hydrogens is 809 g/mol. The third-order valence-electron chi connectivity index (χ3n) is 8.81. The molecule has 0 aliphatic heterocycles. The number of hydrogen-bond acceptors (Lipinski definition) is 12. The summed E-state index contributed by atoms with van der Waals surface area (Å²) in [6.45, 7) is 0. The number of benzene rings is 2. The highest BCUT2D eigenvalue weighted by Crippen LogP contribution is 2.32. The fourth-order valence-electron chi connectivity index (χ4n) is 5.45. The van der Waals surface area contributed by atoms with Gasteiger partial charge in [-0.2, -0.15) is 0 Å². The number of amides is 2. The number of nitrogens with zero attached hydrogens (tertiary/aromatic N) is 7. The number of carbonyl (C=O) groups is 2. The molecule has 59 heavy (non-hydrogen) atoms. The van der Waals surface area contributed by atoms with Crippen molar-refractivity contribution in [3.05, 3.63) is 124 Å². The van der Waals surface area contributed by atoms with E-state index in [9.17, 15) is 23.6 Å². The third kappa shape index (κ3) is 10.1. The highest BCUT2D eigenvalue weighted by Gasteiger charge is 2.26. The number of rotatable bonds is 11. The Morgan fingerprint density at radius 3 is 1.97 bits per heavy atom. The predicted octanol–water partition coefficient (Wildman–Crippen LogP) is 7.08. The van der Waals surface area contributed by atoms with Crippen molar-refractivity contribution in [3.8, 4) is 34.3 Å². The summed E-state index contributed by atoms with van der Waals surface area (Å²) in [7, 11) is 2.89. The van der Waals surface area contributed by atoms with Crippen molar-refractivity contribution in [2.24, 2.45) is 4.99 Å². The van der Waals surface area contributed by atoms with E-state index in [0.717, 1.165) is 30.4 Å². The quantitative estimate of drug-likeness (QED) is 0.0975. The third-order valence-corrected chi connectivity index (χ3v) is 9.28. The monoisotopic (exact) mass is 842 g/mol. The van der Waals surface area contributed by atoms with Crippen LogP contribution in [0.25, 0.3) is 22.8 Å². The van der Waals surface area contributed by atoms with Gasteiger partial charge < -0.3 is 30.6 Å². The Hall–Kier alpha value is -6.72. The van der Waals surface area contributed by atoms with Gasteiger partial charge in [-0.3, -0.25) is 14.6 Å². The molecule has 2 aromatic carbocycles. The normalized spacial score (nSPS) is 13.5. The Morgan fingerprint density at radius 1 is 0.797 bits per heavy atom. The van der Waals surface area contributed by atoms with Crippen LogP contribution in [0.2, 0.25) is 10.0 Å². The fraction of sp³-hybridized carbons (Fsp3) is 0.200. The summed E-state index contributed by atoms with van der Waals surface area (Å²) in [5.74, 6) is -0.498. The predicted molar refractivity (Wildman–Crippen MR) is 213 cm³/mol. The zero-order valence-corrected chi connectivity index (χ0v) is 32.8. The fourth-order valence-corrected chi connectivity index (χ4v) is 5.80. The minimum absolute atomic E-state index is 0.0617. The van der Waals surface area contributed by atoms with E-state index in [2.05, 4.69) is 45.9 Å². The van der Waals surface area contributed by atoms with Crippen molar-refractivity contribution < 1.29 is 33.1 Å². The molecule has 19 heteroatoms. The first-order valence-corrected chi connectivity index (χ1v) is 18.8. The second kappa shape index (κ2) is 17.8. The van der Waals surface area contributed by atoms with E-state index >= 15 is 0 Å². The Kier molecular flexibility index (Phi) is 12.2. The van der Waals surface area contributed by atoms with Gasteiger partial charge in [0.05, 0.1) is 66.1 Å². The molecule has 8 rings (SSSR count). The second-order valence-electron chi connectivity index (χ2n) is 13.2. The van der Waals surface area contributed by atoms with Gasteiger partial charge in [0.2, 0.25) is 0 Å². The minimum atomic E-state index is -0.541.